The molecule has 0 aliphatic carbocycles. The number of nitrogens with one attached hydrogen (secondary N) is 1. The summed E-state index contributed by atoms with van der Waals surface area (Å²) < 4.78 is 43.5. The molecule has 1 N–H and O–H groups in total. The topological polar surface area (TPSA) is 86.8 Å². The fourth-order valence-electron chi connectivity index (χ4n) is 4.66. The molecule has 0 aliphatic rings. The highest BCUT2D eigenvalue weighted by Gasteiger charge is 2.35. The van der Waals surface area contributed by atoms with E-state index in [4.69, 9.17) is 0 Å². The van der Waals surface area contributed by atoms with E-state index in [2.05, 4.69) is 21.2 Å². The molecule has 0 aliphatic heterocycles. The van der Waals surface area contributed by atoms with Gasteiger partial charge in [0.25, 0.3) is 10.0 Å². The van der Waals surface area contributed by atoms with Crippen molar-refractivity contribution in [1.82, 2.24) is 10.2 Å². The Labute approximate surface area is 266 Å². The lowest BCUT2D eigenvalue weighted by atomic mass is 10.0. The van der Waals surface area contributed by atoms with Crippen LogP contribution in [-0.2, 0) is 32.6 Å². The molecule has 0 saturated carbocycles. The summed E-state index contributed by atoms with van der Waals surface area (Å²) in [4.78, 5) is 29.6. The summed E-state index contributed by atoms with van der Waals surface area (Å²) in [6, 6.07) is 28.4. The third-order valence-corrected chi connectivity index (χ3v) is 9.53. The van der Waals surface area contributed by atoms with E-state index in [9.17, 15) is 22.4 Å². The Hall–Kier alpha value is -4.02. The second-order valence-corrected chi connectivity index (χ2v) is 13.3. The molecule has 2 unspecified atom stereocenters. The van der Waals surface area contributed by atoms with E-state index < -0.39 is 34.3 Å². The third-order valence-electron chi connectivity index (χ3n) is 7.24. The first-order valence-corrected chi connectivity index (χ1v) is 16.5. The average Bonchev–Trinajstić information content (AvgIpc) is 3.03. The Morgan fingerprint density at radius 2 is 1.50 bits per heavy atom. The van der Waals surface area contributed by atoms with Crippen molar-refractivity contribution < 1.29 is 22.4 Å². The van der Waals surface area contributed by atoms with Gasteiger partial charge >= 0.3 is 0 Å². The number of carbonyl (C=O) groups is 2. The van der Waals surface area contributed by atoms with Crippen LogP contribution in [0.25, 0.3) is 0 Å². The monoisotopic (exact) mass is 679 g/mol. The van der Waals surface area contributed by atoms with E-state index in [1.807, 2.05) is 44.2 Å². The van der Waals surface area contributed by atoms with E-state index in [0.717, 1.165) is 9.87 Å². The molecule has 0 aromatic heterocycles. The molecular weight excluding hydrogens is 645 g/mol. The molecule has 0 saturated heterocycles. The van der Waals surface area contributed by atoms with Crippen LogP contribution in [0.1, 0.15) is 31.4 Å². The fraction of sp³-hybridized carbons (Fsp3) is 0.235. The van der Waals surface area contributed by atoms with Crippen LogP contribution in [0.4, 0.5) is 10.1 Å². The molecule has 0 bridgehead atoms. The molecule has 2 amide bonds. The van der Waals surface area contributed by atoms with Crippen LogP contribution < -0.4 is 9.62 Å². The Balaban J connectivity index is 1.80. The largest absolute Gasteiger partial charge is 0.352 e. The number of anilines is 1. The van der Waals surface area contributed by atoms with Crippen LogP contribution in [0.5, 0.6) is 0 Å². The molecule has 7 nitrogen and oxygen atoms in total. The summed E-state index contributed by atoms with van der Waals surface area (Å²) >= 11 is 3.41. The maximum atomic E-state index is 14.4. The van der Waals surface area contributed by atoms with E-state index in [-0.39, 0.29) is 35.5 Å². The maximum absolute atomic E-state index is 14.4. The maximum Gasteiger partial charge on any atom is 0.264 e. The van der Waals surface area contributed by atoms with Crippen LogP contribution in [0.3, 0.4) is 0 Å². The van der Waals surface area contributed by atoms with E-state index in [1.165, 1.54) is 29.2 Å². The van der Waals surface area contributed by atoms with Gasteiger partial charge in [-0.1, -0.05) is 89.6 Å². The quantitative estimate of drug-likeness (QED) is 0.179. The normalized spacial score (nSPS) is 12.6. The van der Waals surface area contributed by atoms with E-state index >= 15 is 0 Å². The standard InChI is InChI=1S/C34H35BrFN3O4S/c1-3-25(2)37-34(41)32(21-26-11-6-4-7-12-26)38(23-27-17-19-29(36)20-18-27)33(40)24-39(30-14-10-13-28(35)22-30)44(42,43)31-15-8-5-9-16-31/h4-20,22,25,32H,3,21,23-24H2,1-2H3,(H,37,41). The lowest BCUT2D eigenvalue weighted by Crippen LogP contribution is -2.54. The summed E-state index contributed by atoms with van der Waals surface area (Å²) in [5.41, 5.74) is 1.70. The number of benzene rings is 4. The minimum atomic E-state index is -4.19. The van der Waals surface area contributed by atoms with E-state index in [1.54, 1.807) is 54.6 Å². The minimum Gasteiger partial charge on any atom is -0.352 e. The van der Waals surface area contributed by atoms with Crippen molar-refractivity contribution in [1.29, 1.82) is 0 Å². The van der Waals surface area contributed by atoms with E-state index in [0.29, 0.717) is 16.5 Å². The van der Waals surface area contributed by atoms with Crippen molar-refractivity contribution in [2.24, 2.45) is 0 Å². The molecule has 0 heterocycles. The SMILES string of the molecule is CCC(C)NC(=O)C(Cc1ccccc1)N(Cc1ccc(F)cc1)C(=O)CN(c1cccc(Br)c1)S(=O)(=O)c1ccccc1. The molecule has 0 fully saturated rings. The van der Waals surface area contributed by atoms with Crippen molar-refractivity contribution >= 4 is 43.5 Å². The minimum absolute atomic E-state index is 0.0215. The predicted molar refractivity (Wildman–Crippen MR) is 174 cm³/mol. The van der Waals surface area contributed by atoms with Gasteiger partial charge in [-0.3, -0.25) is 13.9 Å². The van der Waals surface area contributed by atoms with Crippen molar-refractivity contribution in [2.45, 2.75) is 50.2 Å². The Bertz CT molecular complexity index is 1660. The smallest absolute Gasteiger partial charge is 0.264 e. The molecule has 44 heavy (non-hydrogen) atoms. The Morgan fingerprint density at radius 1 is 0.864 bits per heavy atom. The molecule has 10 heteroatoms. The second-order valence-electron chi connectivity index (χ2n) is 10.5. The summed E-state index contributed by atoms with van der Waals surface area (Å²) in [7, 11) is -4.19. The fourth-order valence-corrected chi connectivity index (χ4v) is 6.48. The lowest BCUT2D eigenvalue weighted by molar-refractivity contribution is -0.140. The highest BCUT2D eigenvalue weighted by Crippen LogP contribution is 2.27. The van der Waals surface area contributed by atoms with Gasteiger partial charge in [0.15, 0.2) is 0 Å². The van der Waals surface area contributed by atoms with Gasteiger partial charge in [0.1, 0.15) is 18.4 Å². The van der Waals surface area contributed by atoms with Gasteiger partial charge in [0.2, 0.25) is 11.8 Å². The molecular formula is C34H35BrFN3O4S. The first-order valence-electron chi connectivity index (χ1n) is 14.3. The number of carbonyl (C=O) groups excluding carboxylic acids is 2. The highest BCUT2D eigenvalue weighted by molar-refractivity contribution is 9.10. The predicted octanol–water partition coefficient (Wildman–Crippen LogP) is 6.34. The van der Waals surface area contributed by atoms with Crippen LogP contribution >= 0.6 is 15.9 Å². The number of amides is 2. The lowest BCUT2D eigenvalue weighted by Gasteiger charge is -2.34. The van der Waals surface area contributed by atoms with Gasteiger partial charge in [-0.05, 0) is 66.9 Å². The number of hydrogen-bond acceptors (Lipinski definition) is 4. The van der Waals surface area contributed by atoms with Crippen molar-refractivity contribution in [3.8, 4) is 0 Å². The molecule has 4 aromatic rings. The van der Waals surface area contributed by atoms with Crippen molar-refractivity contribution in [3.63, 3.8) is 0 Å². The summed E-state index contributed by atoms with van der Waals surface area (Å²) in [5, 5.41) is 3.00. The number of hydrogen-bond donors (Lipinski definition) is 1. The number of rotatable bonds is 13. The van der Waals surface area contributed by atoms with Crippen molar-refractivity contribution in [3.05, 3.63) is 131 Å². The van der Waals surface area contributed by atoms with Gasteiger partial charge < -0.3 is 10.2 Å². The Kier molecular flexibility index (Phi) is 11.3. The molecule has 4 rings (SSSR count). The first kappa shape index (κ1) is 32.9. The second kappa shape index (κ2) is 15.1. The van der Waals surface area contributed by atoms with Crippen LogP contribution in [-0.4, -0.2) is 43.8 Å². The van der Waals surface area contributed by atoms with Crippen LogP contribution in [0, 0.1) is 5.82 Å². The van der Waals surface area contributed by atoms with Gasteiger partial charge in [-0.15, -0.1) is 0 Å². The number of sulfonamides is 1. The first-order chi connectivity index (χ1) is 21.1. The van der Waals surface area contributed by atoms with Gasteiger partial charge in [0, 0.05) is 23.5 Å². The van der Waals surface area contributed by atoms with Gasteiger partial charge in [-0.25, -0.2) is 12.8 Å². The zero-order chi connectivity index (χ0) is 31.7. The Morgan fingerprint density at radius 3 is 2.11 bits per heavy atom. The molecule has 4 aromatic carbocycles. The van der Waals surface area contributed by atoms with Crippen molar-refractivity contribution in [2.75, 3.05) is 10.8 Å². The number of nitrogens with zero attached hydrogens (tertiary/aromatic N) is 2. The van der Waals surface area contributed by atoms with Gasteiger partial charge in [-0.2, -0.15) is 0 Å². The third kappa shape index (κ3) is 8.54. The van der Waals surface area contributed by atoms with Crippen LogP contribution in [0.2, 0.25) is 0 Å². The average molecular weight is 681 g/mol. The summed E-state index contributed by atoms with van der Waals surface area (Å²) in [5.74, 6) is -1.38. The highest BCUT2D eigenvalue weighted by atomic mass is 79.9. The zero-order valence-electron chi connectivity index (χ0n) is 24.6. The molecule has 2 atom stereocenters. The number of halogens is 2. The van der Waals surface area contributed by atoms with Gasteiger partial charge in [0.05, 0.1) is 10.6 Å². The summed E-state index contributed by atoms with van der Waals surface area (Å²) in [6.45, 7) is 3.22. The molecule has 0 spiro atoms. The zero-order valence-corrected chi connectivity index (χ0v) is 27.0. The summed E-state index contributed by atoms with van der Waals surface area (Å²) in [6.07, 6.45) is 0.875. The molecule has 0 radical (unpaired) electrons. The van der Waals surface area contributed by atoms with Crippen LogP contribution in [0.15, 0.2) is 119 Å². The molecule has 230 valence electrons.